The number of hydrogen-bond donors (Lipinski definition) is 1. The molecule has 3 unspecified atom stereocenters. The van der Waals surface area contributed by atoms with Gasteiger partial charge in [-0.3, -0.25) is 10.1 Å². The first kappa shape index (κ1) is 16.7. The smallest absolute Gasteiger partial charge is 0.241 e. The van der Waals surface area contributed by atoms with Crippen LogP contribution >= 0.6 is 0 Å². The summed E-state index contributed by atoms with van der Waals surface area (Å²) in [6, 6.07) is -0.136. The number of carbonyl (C=O) groups excluding carboxylic acids is 1. The number of amides is 1. The average Bonchev–Trinajstić information content (AvgIpc) is 2.84. The molecule has 2 aliphatic heterocycles. The molecule has 122 valence electrons. The quantitative estimate of drug-likeness (QED) is 0.807. The van der Waals surface area contributed by atoms with Crippen LogP contribution in [0.3, 0.4) is 0 Å². The largest absolute Gasteiger partial charge is 0.324 e. The van der Waals surface area contributed by atoms with Crippen LogP contribution in [-0.4, -0.2) is 49.0 Å². The number of nitrogens with one attached hydrogen (secondary N) is 1. The lowest BCUT2D eigenvalue weighted by Gasteiger charge is -2.27. The van der Waals surface area contributed by atoms with Crippen LogP contribution in [0.15, 0.2) is 0 Å². The number of rotatable bonds is 6. The molecule has 0 radical (unpaired) electrons. The second-order valence-corrected chi connectivity index (χ2v) is 9.18. The van der Waals surface area contributed by atoms with Crippen LogP contribution in [0.1, 0.15) is 52.9 Å². The van der Waals surface area contributed by atoms with Gasteiger partial charge in [0.25, 0.3) is 0 Å². The van der Waals surface area contributed by atoms with Gasteiger partial charge in [-0.05, 0) is 31.6 Å². The van der Waals surface area contributed by atoms with E-state index >= 15 is 0 Å². The van der Waals surface area contributed by atoms with Gasteiger partial charge in [-0.25, -0.2) is 8.42 Å². The molecule has 0 aromatic rings. The Hall–Kier alpha value is -0.620. The maximum Gasteiger partial charge on any atom is 0.241 e. The molecule has 2 rings (SSSR count). The highest BCUT2D eigenvalue weighted by atomic mass is 32.2. The molecule has 6 heteroatoms. The Balaban J connectivity index is 2.11. The first-order valence-electron chi connectivity index (χ1n) is 8.13. The molecule has 21 heavy (non-hydrogen) atoms. The fourth-order valence-electron chi connectivity index (χ4n) is 3.38. The van der Waals surface area contributed by atoms with Gasteiger partial charge in [0, 0.05) is 6.54 Å². The lowest BCUT2D eigenvalue weighted by atomic mass is 10.1. The Kier molecular flexibility index (Phi) is 5.30. The zero-order valence-electron chi connectivity index (χ0n) is 13.3. The summed E-state index contributed by atoms with van der Waals surface area (Å²) < 4.78 is 24.1. The molecule has 1 amide bonds. The number of nitrogens with zero attached hydrogens (tertiary/aromatic N) is 1. The zero-order valence-corrected chi connectivity index (χ0v) is 14.2. The summed E-state index contributed by atoms with van der Waals surface area (Å²) in [6.45, 7) is 6.69. The van der Waals surface area contributed by atoms with Crippen molar-refractivity contribution in [2.24, 2.45) is 5.92 Å². The van der Waals surface area contributed by atoms with E-state index in [1.54, 1.807) is 4.90 Å². The number of sulfone groups is 1. The van der Waals surface area contributed by atoms with Crippen LogP contribution in [0.5, 0.6) is 0 Å². The molecule has 0 aromatic heterocycles. The van der Waals surface area contributed by atoms with Crippen LogP contribution in [0.25, 0.3) is 0 Å². The van der Waals surface area contributed by atoms with Gasteiger partial charge >= 0.3 is 0 Å². The van der Waals surface area contributed by atoms with Crippen LogP contribution in [0.2, 0.25) is 0 Å². The van der Waals surface area contributed by atoms with Gasteiger partial charge in [0.15, 0.2) is 9.84 Å². The monoisotopic (exact) mass is 316 g/mol. The molecule has 3 atom stereocenters. The normalized spacial score (nSPS) is 32.3. The van der Waals surface area contributed by atoms with E-state index in [-0.39, 0.29) is 29.1 Å². The molecular formula is C15H28N2O3S. The molecule has 2 saturated heterocycles. The summed E-state index contributed by atoms with van der Waals surface area (Å²) in [5.41, 5.74) is 0. The van der Waals surface area contributed by atoms with Crippen molar-refractivity contribution in [3.05, 3.63) is 0 Å². The van der Waals surface area contributed by atoms with Gasteiger partial charge < -0.3 is 4.90 Å². The summed E-state index contributed by atoms with van der Waals surface area (Å²) in [4.78, 5) is 14.4. The highest BCUT2D eigenvalue weighted by Gasteiger charge is 2.42. The van der Waals surface area contributed by atoms with Gasteiger partial charge in [-0.1, -0.05) is 27.2 Å². The minimum absolute atomic E-state index is 0.00940. The van der Waals surface area contributed by atoms with Gasteiger partial charge in [0.05, 0.1) is 23.2 Å². The standard InChI is InChI=1S/C15H28N2O3S/c1-4-6-13-15(18)17(14(16-13)9-11(2)3)10-12-7-5-8-21(12,19)20/h11-14,16H,4-10H2,1-3H3. The van der Waals surface area contributed by atoms with Gasteiger partial charge in [-0.2, -0.15) is 0 Å². The van der Waals surface area contributed by atoms with E-state index in [9.17, 15) is 13.2 Å². The van der Waals surface area contributed by atoms with E-state index in [2.05, 4.69) is 26.1 Å². The summed E-state index contributed by atoms with van der Waals surface area (Å²) in [6.07, 6.45) is 4.06. The fourth-order valence-corrected chi connectivity index (χ4v) is 5.20. The molecule has 0 saturated carbocycles. The van der Waals surface area contributed by atoms with Crippen LogP contribution in [-0.2, 0) is 14.6 Å². The van der Waals surface area contributed by atoms with Gasteiger partial charge in [-0.15, -0.1) is 0 Å². The van der Waals surface area contributed by atoms with Crippen molar-refractivity contribution < 1.29 is 13.2 Å². The molecule has 2 heterocycles. The zero-order chi connectivity index (χ0) is 15.6. The highest BCUT2D eigenvalue weighted by molar-refractivity contribution is 7.92. The summed E-state index contributed by atoms with van der Waals surface area (Å²) in [5.74, 6) is 0.836. The topological polar surface area (TPSA) is 66.5 Å². The van der Waals surface area contributed by atoms with E-state index in [1.807, 2.05) is 0 Å². The van der Waals surface area contributed by atoms with Crippen LogP contribution in [0.4, 0.5) is 0 Å². The predicted molar refractivity (Wildman–Crippen MR) is 83.6 cm³/mol. The fraction of sp³-hybridized carbons (Fsp3) is 0.933. The molecule has 0 aliphatic carbocycles. The third kappa shape index (κ3) is 3.77. The van der Waals surface area contributed by atoms with Crippen molar-refractivity contribution in [1.29, 1.82) is 0 Å². The predicted octanol–water partition coefficient (Wildman–Crippen LogP) is 1.54. The third-order valence-corrected chi connectivity index (χ3v) is 6.74. The number of hydrogen-bond acceptors (Lipinski definition) is 4. The summed E-state index contributed by atoms with van der Waals surface area (Å²) in [7, 11) is -3.00. The van der Waals surface area contributed by atoms with Crippen molar-refractivity contribution in [3.8, 4) is 0 Å². The van der Waals surface area contributed by atoms with Crippen molar-refractivity contribution >= 4 is 15.7 Å². The Labute approximate surface area is 128 Å². The molecule has 0 spiro atoms. The summed E-state index contributed by atoms with van der Waals surface area (Å²) in [5, 5.41) is 3.04. The van der Waals surface area contributed by atoms with E-state index in [1.165, 1.54) is 0 Å². The van der Waals surface area contributed by atoms with Crippen LogP contribution < -0.4 is 5.32 Å². The van der Waals surface area contributed by atoms with E-state index in [0.29, 0.717) is 18.9 Å². The molecular weight excluding hydrogens is 288 g/mol. The maximum atomic E-state index is 12.6. The van der Waals surface area contributed by atoms with Crippen LogP contribution in [0, 0.1) is 5.92 Å². The second-order valence-electron chi connectivity index (χ2n) is 6.78. The Morgan fingerprint density at radius 2 is 2.10 bits per heavy atom. The SMILES string of the molecule is CCCC1NC(CC(C)C)N(CC2CCCS2(=O)=O)C1=O. The maximum absolute atomic E-state index is 12.6. The van der Waals surface area contributed by atoms with Gasteiger partial charge in [0.2, 0.25) is 5.91 Å². The molecule has 2 aliphatic rings. The Morgan fingerprint density at radius 3 is 2.62 bits per heavy atom. The first-order chi connectivity index (χ1) is 9.85. The molecule has 1 N–H and O–H groups in total. The Bertz CT molecular complexity index is 475. The summed E-state index contributed by atoms with van der Waals surface area (Å²) >= 11 is 0. The number of carbonyl (C=O) groups is 1. The molecule has 2 fully saturated rings. The molecule has 0 aromatic carbocycles. The third-order valence-electron chi connectivity index (χ3n) is 4.49. The minimum atomic E-state index is -3.00. The first-order valence-corrected chi connectivity index (χ1v) is 9.84. The highest BCUT2D eigenvalue weighted by Crippen LogP contribution is 2.26. The van der Waals surface area contributed by atoms with Crippen molar-refractivity contribution in [2.75, 3.05) is 12.3 Å². The Morgan fingerprint density at radius 1 is 1.38 bits per heavy atom. The molecule has 0 bridgehead atoms. The van der Waals surface area contributed by atoms with E-state index in [4.69, 9.17) is 0 Å². The van der Waals surface area contributed by atoms with Crippen molar-refractivity contribution in [3.63, 3.8) is 0 Å². The lowest BCUT2D eigenvalue weighted by Crippen LogP contribution is -2.43. The minimum Gasteiger partial charge on any atom is -0.324 e. The lowest BCUT2D eigenvalue weighted by molar-refractivity contribution is -0.130. The van der Waals surface area contributed by atoms with E-state index < -0.39 is 9.84 Å². The van der Waals surface area contributed by atoms with Crippen molar-refractivity contribution in [2.45, 2.75) is 70.3 Å². The van der Waals surface area contributed by atoms with Gasteiger partial charge in [0.1, 0.15) is 0 Å². The van der Waals surface area contributed by atoms with Crippen molar-refractivity contribution in [1.82, 2.24) is 10.2 Å². The second kappa shape index (κ2) is 6.65. The average molecular weight is 316 g/mol. The molecule has 5 nitrogen and oxygen atoms in total. The van der Waals surface area contributed by atoms with E-state index in [0.717, 1.165) is 25.7 Å².